The van der Waals surface area contributed by atoms with Crippen LogP contribution in [0.4, 0.5) is 17.2 Å². The van der Waals surface area contributed by atoms with Gasteiger partial charge < -0.3 is 15.4 Å². The highest BCUT2D eigenvalue weighted by Crippen LogP contribution is 2.24. The molecule has 0 bridgehead atoms. The maximum Gasteiger partial charge on any atom is 0.255 e. The maximum atomic E-state index is 12.5. The van der Waals surface area contributed by atoms with Crippen molar-refractivity contribution in [3.8, 4) is 5.75 Å². The van der Waals surface area contributed by atoms with E-state index in [1.807, 2.05) is 36.4 Å². The number of fused-ring (bicyclic) bond motifs is 1. The van der Waals surface area contributed by atoms with Crippen LogP contribution in [0.2, 0.25) is 0 Å². The zero-order valence-corrected chi connectivity index (χ0v) is 15.1. The molecular weight excluding hydrogens is 354 g/mol. The van der Waals surface area contributed by atoms with Crippen molar-refractivity contribution in [3.05, 3.63) is 78.8 Å². The normalized spacial score (nSPS) is 10.5. The van der Waals surface area contributed by atoms with Crippen LogP contribution in [0.1, 0.15) is 10.4 Å². The van der Waals surface area contributed by atoms with E-state index in [1.165, 1.54) is 6.33 Å². The topological polar surface area (TPSA) is 89.0 Å². The summed E-state index contributed by atoms with van der Waals surface area (Å²) in [6.07, 6.45) is 3.15. The number of nitrogens with one attached hydrogen (secondary N) is 2. The van der Waals surface area contributed by atoms with Gasteiger partial charge in [-0.05, 0) is 48.5 Å². The first kappa shape index (κ1) is 17.4. The highest BCUT2D eigenvalue weighted by Gasteiger charge is 2.09. The van der Waals surface area contributed by atoms with Crippen LogP contribution in [0.5, 0.6) is 5.75 Å². The van der Waals surface area contributed by atoms with Crippen molar-refractivity contribution in [2.24, 2.45) is 0 Å². The number of benzene rings is 2. The predicted octanol–water partition coefficient (Wildman–Crippen LogP) is 4.03. The van der Waals surface area contributed by atoms with Crippen LogP contribution in [-0.2, 0) is 0 Å². The first-order valence-corrected chi connectivity index (χ1v) is 8.61. The van der Waals surface area contributed by atoms with Gasteiger partial charge in [0.25, 0.3) is 5.91 Å². The van der Waals surface area contributed by atoms with Crippen LogP contribution in [-0.4, -0.2) is 28.0 Å². The first-order chi connectivity index (χ1) is 13.7. The Bertz CT molecular complexity index is 1140. The van der Waals surface area contributed by atoms with E-state index >= 15 is 0 Å². The molecule has 0 aliphatic heterocycles. The smallest absolute Gasteiger partial charge is 0.255 e. The summed E-state index contributed by atoms with van der Waals surface area (Å²) in [6.45, 7) is 0. The number of hydrogen-bond donors (Lipinski definition) is 2. The molecular formula is C21H17N5O2. The third-order valence-electron chi connectivity index (χ3n) is 4.12. The largest absolute Gasteiger partial charge is 0.497 e. The van der Waals surface area contributed by atoms with Crippen LogP contribution >= 0.6 is 0 Å². The Morgan fingerprint density at radius 3 is 2.68 bits per heavy atom. The molecule has 2 heterocycles. The minimum atomic E-state index is -0.215. The van der Waals surface area contributed by atoms with Gasteiger partial charge in [0.05, 0.1) is 12.5 Å². The molecule has 7 nitrogen and oxygen atoms in total. The first-order valence-electron chi connectivity index (χ1n) is 8.61. The number of aromatic nitrogens is 3. The van der Waals surface area contributed by atoms with Crippen LogP contribution in [0.15, 0.2) is 73.2 Å². The highest BCUT2D eigenvalue weighted by atomic mass is 16.5. The molecule has 2 N–H and O–H groups in total. The summed E-state index contributed by atoms with van der Waals surface area (Å²) in [7, 11) is 1.57. The van der Waals surface area contributed by atoms with Crippen molar-refractivity contribution < 1.29 is 9.53 Å². The quantitative estimate of drug-likeness (QED) is 0.551. The number of ether oxygens (including phenoxy) is 1. The fourth-order valence-corrected chi connectivity index (χ4v) is 2.77. The van der Waals surface area contributed by atoms with Gasteiger partial charge in [-0.15, -0.1) is 0 Å². The zero-order chi connectivity index (χ0) is 19.3. The number of amides is 1. The SMILES string of the molecule is COc1cccc(C(=O)Nc2cccc(Nc3ncnc4ncccc34)c2)c1. The maximum absolute atomic E-state index is 12.5. The molecule has 0 saturated carbocycles. The molecule has 4 aromatic rings. The van der Waals surface area contributed by atoms with Crippen molar-refractivity contribution in [2.75, 3.05) is 17.7 Å². The van der Waals surface area contributed by atoms with E-state index in [-0.39, 0.29) is 5.91 Å². The molecule has 0 saturated heterocycles. The number of nitrogens with zero attached hydrogens (tertiary/aromatic N) is 3. The molecule has 0 aliphatic carbocycles. The molecule has 2 aromatic heterocycles. The highest BCUT2D eigenvalue weighted by molar-refractivity contribution is 6.04. The average Bonchev–Trinajstić information content (AvgIpc) is 2.74. The van der Waals surface area contributed by atoms with Crippen LogP contribution < -0.4 is 15.4 Å². The van der Waals surface area contributed by atoms with E-state index in [0.717, 1.165) is 11.1 Å². The third kappa shape index (κ3) is 3.73. The van der Waals surface area contributed by atoms with Gasteiger partial charge in [0.15, 0.2) is 5.65 Å². The van der Waals surface area contributed by atoms with Gasteiger partial charge in [0.1, 0.15) is 17.9 Å². The van der Waals surface area contributed by atoms with Gasteiger partial charge in [-0.25, -0.2) is 15.0 Å². The Balaban J connectivity index is 1.55. The second-order valence-corrected chi connectivity index (χ2v) is 5.99. The zero-order valence-electron chi connectivity index (χ0n) is 15.1. The van der Waals surface area contributed by atoms with Crippen molar-refractivity contribution in [1.29, 1.82) is 0 Å². The number of carbonyl (C=O) groups is 1. The summed E-state index contributed by atoms with van der Waals surface area (Å²) in [5.41, 5.74) is 2.58. The van der Waals surface area contributed by atoms with E-state index in [1.54, 1.807) is 37.6 Å². The summed E-state index contributed by atoms with van der Waals surface area (Å²) in [6, 6.07) is 18.1. The van der Waals surface area contributed by atoms with Gasteiger partial charge in [0.2, 0.25) is 0 Å². The third-order valence-corrected chi connectivity index (χ3v) is 4.12. The molecule has 2 aromatic carbocycles. The lowest BCUT2D eigenvalue weighted by Crippen LogP contribution is -2.12. The van der Waals surface area contributed by atoms with Crippen LogP contribution in [0.3, 0.4) is 0 Å². The van der Waals surface area contributed by atoms with Crippen LogP contribution in [0.25, 0.3) is 11.0 Å². The lowest BCUT2D eigenvalue weighted by atomic mass is 10.2. The Hall–Kier alpha value is -4.00. The fourth-order valence-electron chi connectivity index (χ4n) is 2.77. The molecule has 4 rings (SSSR count). The molecule has 28 heavy (non-hydrogen) atoms. The summed E-state index contributed by atoms with van der Waals surface area (Å²) in [5, 5.41) is 6.97. The molecule has 1 amide bonds. The second kappa shape index (κ2) is 7.71. The Morgan fingerprint density at radius 2 is 1.79 bits per heavy atom. The molecule has 0 fully saturated rings. The number of pyridine rings is 1. The van der Waals surface area contributed by atoms with Gasteiger partial charge in [-0.1, -0.05) is 12.1 Å². The summed E-state index contributed by atoms with van der Waals surface area (Å²) in [5.74, 6) is 1.06. The van der Waals surface area contributed by atoms with Crippen molar-refractivity contribution in [2.45, 2.75) is 0 Å². The Kier molecular flexibility index (Phi) is 4.79. The average molecular weight is 371 g/mol. The van der Waals surface area contributed by atoms with Gasteiger partial charge in [-0.2, -0.15) is 0 Å². The van der Waals surface area contributed by atoms with E-state index in [9.17, 15) is 4.79 Å². The van der Waals surface area contributed by atoms with Crippen LogP contribution in [0, 0.1) is 0 Å². The molecule has 138 valence electrons. The monoisotopic (exact) mass is 371 g/mol. The minimum Gasteiger partial charge on any atom is -0.497 e. The van der Waals surface area contributed by atoms with Gasteiger partial charge >= 0.3 is 0 Å². The summed E-state index contributed by atoms with van der Waals surface area (Å²) < 4.78 is 5.17. The van der Waals surface area contributed by atoms with Crippen molar-refractivity contribution in [3.63, 3.8) is 0 Å². The molecule has 0 aliphatic rings. The molecule has 0 unspecified atom stereocenters. The number of hydrogen-bond acceptors (Lipinski definition) is 6. The molecule has 0 radical (unpaired) electrons. The molecule has 0 atom stereocenters. The van der Waals surface area contributed by atoms with E-state index < -0.39 is 0 Å². The van der Waals surface area contributed by atoms with Gasteiger partial charge in [-0.3, -0.25) is 4.79 Å². The van der Waals surface area contributed by atoms with Crippen molar-refractivity contribution >= 4 is 34.1 Å². The fraction of sp³-hybridized carbons (Fsp3) is 0.0476. The molecule has 0 spiro atoms. The number of carbonyl (C=O) groups excluding carboxylic acids is 1. The van der Waals surface area contributed by atoms with E-state index in [0.29, 0.717) is 28.5 Å². The number of anilines is 3. The predicted molar refractivity (Wildman–Crippen MR) is 108 cm³/mol. The minimum absolute atomic E-state index is 0.215. The van der Waals surface area contributed by atoms with E-state index in [2.05, 4.69) is 25.6 Å². The van der Waals surface area contributed by atoms with Crippen molar-refractivity contribution in [1.82, 2.24) is 15.0 Å². The Morgan fingerprint density at radius 1 is 0.929 bits per heavy atom. The van der Waals surface area contributed by atoms with E-state index in [4.69, 9.17) is 4.74 Å². The number of rotatable bonds is 5. The Labute approximate surface area is 161 Å². The second-order valence-electron chi connectivity index (χ2n) is 5.99. The standard InChI is InChI=1S/C21H17N5O2/c1-28-17-8-2-5-14(11-17)21(27)26-16-7-3-6-15(12-16)25-20-18-9-4-10-22-19(18)23-13-24-20/h2-13H,1H3,(H,26,27)(H,22,23,24,25). The number of methoxy groups -OCH3 is 1. The summed E-state index contributed by atoms with van der Waals surface area (Å²) >= 11 is 0. The lowest BCUT2D eigenvalue weighted by molar-refractivity contribution is 0.102. The summed E-state index contributed by atoms with van der Waals surface area (Å²) in [4.78, 5) is 25.2. The van der Waals surface area contributed by atoms with Gasteiger partial charge in [0, 0.05) is 23.1 Å². The lowest BCUT2D eigenvalue weighted by Gasteiger charge is -2.11. The molecule has 7 heteroatoms.